The molecule has 1 heterocycles. The summed E-state index contributed by atoms with van der Waals surface area (Å²) in [6, 6.07) is 6.02. The first-order valence-corrected chi connectivity index (χ1v) is 7.84. The lowest BCUT2D eigenvalue weighted by Gasteiger charge is -2.43. The molecule has 0 radical (unpaired) electrons. The van der Waals surface area contributed by atoms with E-state index in [-0.39, 0.29) is 12.1 Å². The van der Waals surface area contributed by atoms with Crippen LogP contribution >= 0.6 is 23.2 Å². The average Bonchev–Trinajstić information content (AvgIpc) is 2.44. The van der Waals surface area contributed by atoms with Crippen molar-refractivity contribution >= 4 is 23.2 Å². The molecule has 0 bridgehead atoms. The summed E-state index contributed by atoms with van der Waals surface area (Å²) >= 11 is 12.5. The van der Waals surface area contributed by atoms with Gasteiger partial charge in [0, 0.05) is 35.2 Å². The van der Waals surface area contributed by atoms with E-state index in [1.807, 2.05) is 12.1 Å². The zero-order valence-corrected chi connectivity index (χ0v) is 13.5. The fraction of sp³-hybridized carbons (Fsp3) is 0.600. The van der Waals surface area contributed by atoms with Crippen molar-refractivity contribution in [1.82, 2.24) is 4.90 Å². The molecule has 20 heavy (non-hydrogen) atoms. The molecule has 112 valence electrons. The van der Waals surface area contributed by atoms with Crippen LogP contribution in [0.25, 0.3) is 0 Å². The Morgan fingerprint density at radius 1 is 1.45 bits per heavy atom. The van der Waals surface area contributed by atoms with Crippen molar-refractivity contribution in [3.05, 3.63) is 33.8 Å². The maximum Gasteiger partial charge on any atom is 0.0675 e. The second kappa shape index (κ2) is 7.10. The first kappa shape index (κ1) is 16.1. The van der Waals surface area contributed by atoms with E-state index in [9.17, 15) is 0 Å². The molecular weight excluding hydrogens is 295 g/mol. The van der Waals surface area contributed by atoms with Crippen molar-refractivity contribution in [3.8, 4) is 0 Å². The minimum Gasteiger partial charge on any atom is -0.376 e. The second-order valence-corrected chi connectivity index (χ2v) is 6.16. The molecule has 0 amide bonds. The average molecular weight is 317 g/mol. The van der Waals surface area contributed by atoms with Gasteiger partial charge in [0.2, 0.25) is 0 Å². The lowest BCUT2D eigenvalue weighted by molar-refractivity contribution is -0.0719. The van der Waals surface area contributed by atoms with E-state index >= 15 is 0 Å². The minimum atomic E-state index is 0.0810. The largest absolute Gasteiger partial charge is 0.376 e. The number of benzene rings is 1. The lowest BCUT2D eigenvalue weighted by Crippen LogP contribution is -2.51. The van der Waals surface area contributed by atoms with Gasteiger partial charge in [-0.2, -0.15) is 0 Å². The van der Waals surface area contributed by atoms with E-state index in [0.29, 0.717) is 17.6 Å². The van der Waals surface area contributed by atoms with Gasteiger partial charge in [-0.15, -0.1) is 0 Å². The first-order valence-electron chi connectivity index (χ1n) is 7.09. The molecule has 1 aliphatic rings. The summed E-state index contributed by atoms with van der Waals surface area (Å²) in [5.74, 6) is 0. The molecule has 0 aromatic heterocycles. The number of morpholine rings is 1. The molecule has 2 N–H and O–H groups in total. The standard InChI is InChI=1S/C15H22Cl2N2O/c1-3-12-9-20-10(2)8-19(12)15(7-18)13-6-11(16)4-5-14(13)17/h4-6,10,12,15H,3,7-9,18H2,1-2H3. The fourth-order valence-corrected chi connectivity index (χ4v) is 3.24. The van der Waals surface area contributed by atoms with Crippen LogP contribution in [0.1, 0.15) is 31.9 Å². The summed E-state index contributed by atoms with van der Waals surface area (Å²) < 4.78 is 5.75. The lowest BCUT2D eigenvalue weighted by atomic mass is 10.0. The quantitative estimate of drug-likeness (QED) is 0.924. The van der Waals surface area contributed by atoms with E-state index in [4.69, 9.17) is 33.7 Å². The van der Waals surface area contributed by atoms with Crippen LogP contribution in [0.3, 0.4) is 0 Å². The normalized spacial score (nSPS) is 25.6. The Kier molecular flexibility index (Phi) is 5.70. The van der Waals surface area contributed by atoms with Gasteiger partial charge in [0.15, 0.2) is 0 Å². The topological polar surface area (TPSA) is 38.5 Å². The first-order chi connectivity index (χ1) is 9.56. The van der Waals surface area contributed by atoms with Crippen molar-refractivity contribution in [2.24, 2.45) is 5.73 Å². The fourth-order valence-electron chi connectivity index (χ4n) is 2.81. The van der Waals surface area contributed by atoms with Crippen LogP contribution in [-0.4, -0.2) is 36.7 Å². The van der Waals surface area contributed by atoms with E-state index in [0.717, 1.165) is 30.2 Å². The summed E-state index contributed by atoms with van der Waals surface area (Å²) in [5.41, 5.74) is 7.04. The third kappa shape index (κ3) is 3.46. The third-order valence-corrected chi connectivity index (χ3v) is 4.50. The molecule has 1 aromatic carbocycles. The summed E-state index contributed by atoms with van der Waals surface area (Å²) in [5, 5.41) is 1.41. The van der Waals surface area contributed by atoms with Gasteiger partial charge in [0.05, 0.1) is 12.7 Å². The molecular formula is C15H22Cl2N2O. The predicted molar refractivity (Wildman–Crippen MR) is 84.5 cm³/mol. The molecule has 2 rings (SSSR count). The van der Waals surface area contributed by atoms with Crippen molar-refractivity contribution in [3.63, 3.8) is 0 Å². The van der Waals surface area contributed by atoms with Crippen molar-refractivity contribution in [2.75, 3.05) is 19.7 Å². The number of hydrogen-bond acceptors (Lipinski definition) is 3. The molecule has 0 spiro atoms. The number of ether oxygens (including phenoxy) is 1. The van der Waals surface area contributed by atoms with Crippen LogP contribution in [0.2, 0.25) is 10.0 Å². The van der Waals surface area contributed by atoms with E-state index in [1.165, 1.54) is 0 Å². The van der Waals surface area contributed by atoms with E-state index in [1.54, 1.807) is 6.07 Å². The van der Waals surface area contributed by atoms with Gasteiger partial charge in [0.1, 0.15) is 0 Å². The van der Waals surface area contributed by atoms with Crippen LogP contribution in [0.5, 0.6) is 0 Å². The number of nitrogens with two attached hydrogens (primary N) is 1. The van der Waals surface area contributed by atoms with E-state index in [2.05, 4.69) is 18.7 Å². The van der Waals surface area contributed by atoms with Crippen LogP contribution in [0.4, 0.5) is 0 Å². The highest BCUT2D eigenvalue weighted by atomic mass is 35.5. The van der Waals surface area contributed by atoms with Crippen molar-refractivity contribution in [1.29, 1.82) is 0 Å². The number of nitrogens with zero attached hydrogens (tertiary/aromatic N) is 1. The van der Waals surface area contributed by atoms with Gasteiger partial charge >= 0.3 is 0 Å². The Labute approximate surface area is 131 Å². The Balaban J connectivity index is 2.31. The summed E-state index contributed by atoms with van der Waals surface area (Å²) in [4.78, 5) is 2.41. The number of hydrogen-bond donors (Lipinski definition) is 1. The molecule has 3 nitrogen and oxygen atoms in total. The maximum atomic E-state index is 6.34. The molecule has 5 heteroatoms. The summed E-state index contributed by atoms with van der Waals surface area (Å²) in [6.45, 7) is 6.38. The molecule has 3 unspecified atom stereocenters. The van der Waals surface area contributed by atoms with Gasteiger partial charge in [-0.1, -0.05) is 30.1 Å². The minimum absolute atomic E-state index is 0.0810. The Morgan fingerprint density at radius 3 is 2.85 bits per heavy atom. The zero-order chi connectivity index (χ0) is 14.7. The Hall–Kier alpha value is -0.320. The van der Waals surface area contributed by atoms with Crippen LogP contribution in [-0.2, 0) is 4.74 Å². The highest BCUT2D eigenvalue weighted by molar-refractivity contribution is 6.33. The highest BCUT2D eigenvalue weighted by Crippen LogP contribution is 2.33. The number of rotatable bonds is 4. The van der Waals surface area contributed by atoms with Gasteiger partial charge in [-0.05, 0) is 37.1 Å². The van der Waals surface area contributed by atoms with Crippen LogP contribution in [0.15, 0.2) is 18.2 Å². The third-order valence-electron chi connectivity index (χ3n) is 3.92. The Bertz CT molecular complexity index is 455. The summed E-state index contributed by atoms with van der Waals surface area (Å²) in [7, 11) is 0. The van der Waals surface area contributed by atoms with Crippen molar-refractivity contribution in [2.45, 2.75) is 38.5 Å². The molecule has 1 aliphatic heterocycles. The second-order valence-electron chi connectivity index (χ2n) is 5.32. The van der Waals surface area contributed by atoms with Crippen molar-refractivity contribution < 1.29 is 4.74 Å². The highest BCUT2D eigenvalue weighted by Gasteiger charge is 2.32. The molecule has 0 saturated carbocycles. The SMILES string of the molecule is CCC1COC(C)CN1C(CN)c1cc(Cl)ccc1Cl. The van der Waals surface area contributed by atoms with Gasteiger partial charge < -0.3 is 10.5 Å². The predicted octanol–water partition coefficient (Wildman–Crippen LogP) is 3.49. The summed E-state index contributed by atoms with van der Waals surface area (Å²) in [6.07, 6.45) is 1.24. The van der Waals surface area contributed by atoms with Gasteiger partial charge in [-0.25, -0.2) is 0 Å². The van der Waals surface area contributed by atoms with Crippen LogP contribution in [0, 0.1) is 0 Å². The number of halogens is 2. The molecule has 1 fully saturated rings. The molecule has 1 saturated heterocycles. The maximum absolute atomic E-state index is 6.34. The Morgan fingerprint density at radius 2 is 2.20 bits per heavy atom. The molecule has 3 atom stereocenters. The molecule has 0 aliphatic carbocycles. The smallest absolute Gasteiger partial charge is 0.0675 e. The van der Waals surface area contributed by atoms with Crippen LogP contribution < -0.4 is 5.73 Å². The molecule has 1 aromatic rings. The monoisotopic (exact) mass is 316 g/mol. The van der Waals surface area contributed by atoms with Gasteiger partial charge in [-0.3, -0.25) is 4.90 Å². The van der Waals surface area contributed by atoms with E-state index < -0.39 is 0 Å². The zero-order valence-electron chi connectivity index (χ0n) is 12.0. The van der Waals surface area contributed by atoms with Gasteiger partial charge in [0.25, 0.3) is 0 Å².